The minimum atomic E-state index is -0.614. The third kappa shape index (κ3) is 12.2. The van der Waals surface area contributed by atoms with E-state index >= 15 is 0 Å². The largest absolute Gasteiger partial charge is 0.353 e. The number of halogens is 4. The Labute approximate surface area is 377 Å². The molecule has 2 fully saturated rings. The molecule has 16 nitrogen and oxygen atoms in total. The SMILES string of the molecule is C[C@H]1CN(c2ccc(C#N)cn2)CCN1C(=O)CCc1nc2cccc(F)c2c(=O)[nH]1.C[C@H]1CNCCN1C(=O)CCc1nc2cccc(F)c2c(=O)[nH]1.Cl.N#Cc1ccc(Cl)nc1. The number of nitrogens with zero attached hydrogens (tertiary/aromatic N) is 9. The van der Waals surface area contributed by atoms with Crippen LogP contribution in [0.2, 0.25) is 5.15 Å². The molecule has 2 aliphatic rings. The van der Waals surface area contributed by atoms with E-state index in [-0.39, 0.29) is 71.9 Å². The number of carbonyl (C=O) groups excluding carboxylic acids is 2. The molecular weight excluding hydrogens is 869 g/mol. The molecule has 332 valence electrons. The molecule has 6 aromatic rings. The quantitative estimate of drug-likeness (QED) is 0.183. The molecule has 0 saturated carbocycles. The van der Waals surface area contributed by atoms with Crippen molar-refractivity contribution in [1.82, 2.24) is 45.0 Å². The van der Waals surface area contributed by atoms with Gasteiger partial charge >= 0.3 is 0 Å². The number of benzene rings is 2. The summed E-state index contributed by atoms with van der Waals surface area (Å²) in [5.41, 5.74) is 0.580. The molecule has 3 N–H and O–H groups in total. The summed E-state index contributed by atoms with van der Waals surface area (Å²) in [4.78, 5) is 76.7. The van der Waals surface area contributed by atoms with Crippen molar-refractivity contribution in [3.8, 4) is 12.1 Å². The van der Waals surface area contributed by atoms with E-state index < -0.39 is 22.8 Å². The molecule has 0 aliphatic carbocycles. The first-order valence-corrected chi connectivity index (χ1v) is 20.5. The predicted molar refractivity (Wildman–Crippen MR) is 239 cm³/mol. The van der Waals surface area contributed by atoms with Crippen molar-refractivity contribution in [2.45, 2.75) is 51.6 Å². The van der Waals surface area contributed by atoms with Gasteiger partial charge in [0.1, 0.15) is 57.2 Å². The number of pyridine rings is 2. The monoisotopic (exact) mass is 912 g/mol. The summed E-state index contributed by atoms with van der Waals surface area (Å²) in [5, 5.41) is 20.7. The normalized spacial score (nSPS) is 15.7. The molecule has 8 rings (SSSR count). The van der Waals surface area contributed by atoms with Crippen LogP contribution in [0, 0.1) is 34.3 Å². The lowest BCUT2D eigenvalue weighted by Gasteiger charge is -2.40. The summed E-state index contributed by atoms with van der Waals surface area (Å²) < 4.78 is 27.5. The molecule has 4 aromatic heterocycles. The number of aromatic amines is 2. The highest BCUT2D eigenvalue weighted by atomic mass is 35.5. The topological polar surface area (TPSA) is 221 Å². The zero-order valence-corrected chi connectivity index (χ0v) is 36.4. The first-order chi connectivity index (χ1) is 30.3. The molecule has 0 bridgehead atoms. The Morgan fingerprint density at radius 3 is 1.75 bits per heavy atom. The van der Waals surface area contributed by atoms with Crippen molar-refractivity contribution in [2.75, 3.05) is 44.2 Å². The molecule has 2 aliphatic heterocycles. The number of aryl methyl sites for hydroxylation is 2. The summed E-state index contributed by atoms with van der Waals surface area (Å²) in [6.07, 6.45) is 4.04. The standard InChI is InChI=1S/C22H21FN6O2.C16H19FN4O2.C6H3ClN2.ClH/c1-14-13-28(19-7-5-15(11-24)12-25-19)9-10-29(14)20(30)8-6-18-26-17-4-2-3-16(23)21(17)22(31)27-18;1-10-9-18-7-8-21(10)14(22)6-5-13-19-12-4-2-3-11(17)15(12)16(23)20-13;7-6-2-1-5(3-8)4-9-6;/h2-5,7,12,14H,6,8-10,13H2,1H3,(H,26,27,31);2-4,10,18H,5-9H2,1H3,(H,19,20,23);1-2,4H;1H/t14-;10-;;/m00../s1. The highest BCUT2D eigenvalue weighted by Gasteiger charge is 2.28. The summed E-state index contributed by atoms with van der Waals surface area (Å²) in [5.74, 6) is 0.366. The van der Waals surface area contributed by atoms with Gasteiger partial charge in [0, 0.05) is 89.4 Å². The van der Waals surface area contributed by atoms with Gasteiger partial charge in [-0.05, 0) is 62.4 Å². The number of nitrogens with one attached hydrogen (secondary N) is 3. The molecule has 20 heteroatoms. The number of aromatic nitrogens is 6. The first kappa shape index (κ1) is 48.2. The minimum absolute atomic E-state index is 0. The van der Waals surface area contributed by atoms with Crippen LogP contribution in [0.1, 0.15) is 49.5 Å². The summed E-state index contributed by atoms with van der Waals surface area (Å²) in [6.45, 7) is 8.07. The third-order valence-electron chi connectivity index (χ3n) is 10.4. The lowest BCUT2D eigenvalue weighted by atomic mass is 10.1. The second-order valence-corrected chi connectivity index (χ2v) is 15.2. The summed E-state index contributed by atoms with van der Waals surface area (Å²) >= 11 is 5.45. The molecule has 0 unspecified atom stereocenters. The van der Waals surface area contributed by atoms with Gasteiger partial charge in [0.15, 0.2) is 0 Å². The molecule has 0 spiro atoms. The fraction of sp³-hybridized carbons (Fsp3) is 0.318. The number of nitriles is 2. The van der Waals surface area contributed by atoms with Crippen molar-refractivity contribution in [3.63, 3.8) is 0 Å². The van der Waals surface area contributed by atoms with Gasteiger partial charge in [-0.15, -0.1) is 12.4 Å². The third-order valence-corrected chi connectivity index (χ3v) is 10.7. The second-order valence-electron chi connectivity index (χ2n) is 14.8. The lowest BCUT2D eigenvalue weighted by molar-refractivity contribution is -0.134. The maximum Gasteiger partial charge on any atom is 0.261 e. The van der Waals surface area contributed by atoms with Crippen LogP contribution in [0.3, 0.4) is 0 Å². The smallest absolute Gasteiger partial charge is 0.261 e. The highest BCUT2D eigenvalue weighted by molar-refractivity contribution is 6.29. The van der Waals surface area contributed by atoms with E-state index in [1.54, 1.807) is 36.5 Å². The average molecular weight is 914 g/mol. The number of amides is 2. The van der Waals surface area contributed by atoms with Crippen molar-refractivity contribution in [3.05, 3.63) is 133 Å². The van der Waals surface area contributed by atoms with Gasteiger partial charge in [0.25, 0.3) is 11.1 Å². The van der Waals surface area contributed by atoms with Gasteiger partial charge in [-0.3, -0.25) is 19.2 Å². The first-order valence-electron chi connectivity index (χ1n) is 20.1. The molecule has 2 atom stereocenters. The van der Waals surface area contributed by atoms with Gasteiger partial charge in [0.2, 0.25) is 11.8 Å². The van der Waals surface area contributed by atoms with Gasteiger partial charge in [-0.1, -0.05) is 23.7 Å². The number of carbonyl (C=O) groups is 2. The fourth-order valence-corrected chi connectivity index (χ4v) is 7.31. The van der Waals surface area contributed by atoms with Crippen LogP contribution in [0.4, 0.5) is 14.6 Å². The fourth-order valence-electron chi connectivity index (χ4n) is 7.20. The van der Waals surface area contributed by atoms with E-state index in [1.165, 1.54) is 30.5 Å². The van der Waals surface area contributed by atoms with Crippen LogP contribution in [-0.2, 0) is 22.4 Å². The summed E-state index contributed by atoms with van der Waals surface area (Å²) in [6, 6.07) is 19.5. The van der Waals surface area contributed by atoms with E-state index in [0.717, 1.165) is 18.9 Å². The van der Waals surface area contributed by atoms with E-state index in [1.807, 2.05) is 35.8 Å². The molecule has 2 amide bonds. The van der Waals surface area contributed by atoms with Crippen molar-refractivity contribution < 1.29 is 18.4 Å². The van der Waals surface area contributed by atoms with Crippen molar-refractivity contribution >= 4 is 63.4 Å². The Kier molecular flexibility index (Phi) is 16.9. The van der Waals surface area contributed by atoms with E-state index in [9.17, 15) is 28.0 Å². The second kappa shape index (κ2) is 22.5. The van der Waals surface area contributed by atoms with Crippen LogP contribution in [0.5, 0.6) is 0 Å². The Hall–Kier alpha value is -6.86. The van der Waals surface area contributed by atoms with Gasteiger partial charge in [0.05, 0.1) is 22.2 Å². The van der Waals surface area contributed by atoms with Gasteiger partial charge in [-0.2, -0.15) is 10.5 Å². The zero-order chi connectivity index (χ0) is 45.0. The number of anilines is 1. The molecule has 6 heterocycles. The number of H-pyrrole nitrogens is 2. The number of hydrogen-bond acceptors (Lipinski definition) is 12. The average Bonchev–Trinajstić information content (AvgIpc) is 3.28. The number of piperazine rings is 2. The lowest BCUT2D eigenvalue weighted by Crippen LogP contribution is -2.54. The molecule has 2 aromatic carbocycles. The predicted octanol–water partition coefficient (Wildman–Crippen LogP) is 4.84. The Bertz CT molecular complexity index is 2800. The van der Waals surface area contributed by atoms with E-state index in [4.69, 9.17) is 22.1 Å². The maximum absolute atomic E-state index is 13.8. The highest BCUT2D eigenvalue weighted by Crippen LogP contribution is 2.19. The van der Waals surface area contributed by atoms with Gasteiger partial charge < -0.3 is 30.0 Å². The van der Waals surface area contributed by atoms with E-state index in [0.29, 0.717) is 66.0 Å². The Morgan fingerprint density at radius 2 is 1.28 bits per heavy atom. The molecule has 64 heavy (non-hydrogen) atoms. The number of hydrogen-bond donors (Lipinski definition) is 3. The molecule has 2 saturated heterocycles. The Balaban J connectivity index is 0.000000204. The maximum atomic E-state index is 13.8. The molecule has 0 radical (unpaired) electrons. The van der Waals surface area contributed by atoms with Crippen LogP contribution >= 0.6 is 24.0 Å². The number of fused-ring (bicyclic) bond motifs is 2. The van der Waals surface area contributed by atoms with Crippen LogP contribution in [0.25, 0.3) is 21.8 Å². The minimum Gasteiger partial charge on any atom is -0.353 e. The van der Waals surface area contributed by atoms with Gasteiger partial charge in [-0.25, -0.2) is 28.7 Å². The summed E-state index contributed by atoms with van der Waals surface area (Å²) in [7, 11) is 0. The van der Waals surface area contributed by atoms with Crippen LogP contribution in [0.15, 0.2) is 82.6 Å². The molecular formula is C44H44Cl2F2N12O4. The Morgan fingerprint density at radius 1 is 0.750 bits per heavy atom. The zero-order valence-electron chi connectivity index (χ0n) is 34.9. The van der Waals surface area contributed by atoms with Crippen molar-refractivity contribution in [1.29, 1.82) is 10.5 Å². The van der Waals surface area contributed by atoms with Crippen LogP contribution in [-0.4, -0.2) is 103 Å². The number of rotatable bonds is 7. The van der Waals surface area contributed by atoms with Crippen molar-refractivity contribution in [2.24, 2.45) is 0 Å². The van der Waals surface area contributed by atoms with E-state index in [2.05, 4.69) is 46.2 Å². The van der Waals surface area contributed by atoms with Crippen LogP contribution < -0.4 is 21.3 Å².